The van der Waals surface area contributed by atoms with Gasteiger partial charge in [-0.2, -0.15) is 0 Å². The smallest absolute Gasteiger partial charge is 0.00297 e. The Bertz CT molecular complexity index is 68.5. The van der Waals surface area contributed by atoms with E-state index >= 15 is 0 Å². The van der Waals surface area contributed by atoms with Crippen molar-refractivity contribution >= 4 is 0 Å². The molecule has 0 atom stereocenters. The Labute approximate surface area is 46.2 Å². The fourth-order valence-corrected chi connectivity index (χ4v) is 0. The second-order valence-corrected chi connectivity index (χ2v) is 1.50. The molecule has 0 aromatic heterocycles. The Kier molecular flexibility index (Phi) is 12.3. The molecule has 0 aromatic rings. The Morgan fingerprint density at radius 1 is 1.57 bits per heavy atom. The van der Waals surface area contributed by atoms with E-state index < -0.39 is 0 Å². The molecule has 0 unspecified atom stereocenters. The summed E-state index contributed by atoms with van der Waals surface area (Å²) in [6.07, 6.45) is 4.60. The average molecular weight is 96.2 g/mol. The van der Waals surface area contributed by atoms with Crippen LogP contribution in [0.15, 0.2) is 12.2 Å². The van der Waals surface area contributed by atoms with Crippen LogP contribution in [-0.2, 0) is 0 Å². The number of hydrogen-bond donors (Lipinski definition) is 0. The topological polar surface area (TPSA) is 0 Å². The SMILES string of the molecule is C#CC.C=C(C)C. The Morgan fingerprint density at radius 2 is 1.57 bits per heavy atom. The average Bonchev–Trinajstić information content (AvgIpc) is 1.33. The van der Waals surface area contributed by atoms with Crippen molar-refractivity contribution in [3.8, 4) is 12.3 Å². The van der Waals surface area contributed by atoms with Crippen LogP contribution in [0.3, 0.4) is 0 Å². The van der Waals surface area contributed by atoms with Crippen LogP contribution in [0, 0.1) is 12.3 Å². The fraction of sp³-hybridized carbons (Fsp3) is 0.429. The molecule has 0 heterocycles. The molecule has 0 aliphatic rings. The van der Waals surface area contributed by atoms with Gasteiger partial charge in [0.05, 0.1) is 0 Å². The molecule has 0 aromatic carbocycles. The summed E-state index contributed by atoms with van der Waals surface area (Å²) < 4.78 is 0. The zero-order valence-electron chi connectivity index (χ0n) is 5.28. The van der Waals surface area contributed by atoms with Crippen LogP contribution in [-0.4, -0.2) is 0 Å². The molecule has 0 rings (SSSR count). The molecule has 0 saturated heterocycles. The predicted octanol–water partition coefficient (Wildman–Crippen LogP) is 2.22. The summed E-state index contributed by atoms with van der Waals surface area (Å²) >= 11 is 0. The van der Waals surface area contributed by atoms with Crippen LogP contribution in [0.1, 0.15) is 20.8 Å². The van der Waals surface area contributed by atoms with E-state index in [4.69, 9.17) is 0 Å². The van der Waals surface area contributed by atoms with Gasteiger partial charge in [-0.05, 0) is 20.8 Å². The molecule has 0 heteroatoms. The molecule has 0 N–H and O–H groups in total. The van der Waals surface area contributed by atoms with Crippen molar-refractivity contribution in [2.75, 3.05) is 0 Å². The first kappa shape index (κ1) is 9.57. The standard InChI is InChI=1S/C4H8.C3H4/c1-4(2)3;1-3-2/h1H2,2-3H3;1H,2H3. The molecule has 40 valence electrons. The van der Waals surface area contributed by atoms with Crippen molar-refractivity contribution in [3.63, 3.8) is 0 Å². The van der Waals surface area contributed by atoms with Crippen LogP contribution in [0.4, 0.5) is 0 Å². The Morgan fingerprint density at radius 3 is 1.57 bits per heavy atom. The third-order valence-electron chi connectivity index (χ3n) is 0. The summed E-state index contributed by atoms with van der Waals surface area (Å²) in [6.45, 7) is 9.15. The lowest BCUT2D eigenvalue weighted by molar-refractivity contribution is 1.42. The van der Waals surface area contributed by atoms with Gasteiger partial charge < -0.3 is 0 Å². The van der Waals surface area contributed by atoms with Gasteiger partial charge in [0.25, 0.3) is 0 Å². The van der Waals surface area contributed by atoms with Gasteiger partial charge >= 0.3 is 0 Å². The molecule has 0 fully saturated rings. The van der Waals surface area contributed by atoms with Crippen molar-refractivity contribution in [2.24, 2.45) is 0 Å². The van der Waals surface area contributed by atoms with Crippen molar-refractivity contribution in [1.82, 2.24) is 0 Å². The van der Waals surface area contributed by atoms with Crippen molar-refractivity contribution in [2.45, 2.75) is 20.8 Å². The highest BCUT2D eigenvalue weighted by Crippen LogP contribution is 1.73. The normalized spacial score (nSPS) is 4.86. The van der Waals surface area contributed by atoms with Crippen LogP contribution in [0.5, 0.6) is 0 Å². The highest BCUT2D eigenvalue weighted by molar-refractivity contribution is 4.78. The maximum absolute atomic E-state index is 4.60. The molecular weight excluding hydrogens is 84.1 g/mol. The first-order valence-electron chi connectivity index (χ1n) is 2.14. The maximum Gasteiger partial charge on any atom is -0.00297 e. The zero-order valence-corrected chi connectivity index (χ0v) is 5.28. The molecule has 0 amide bonds. The van der Waals surface area contributed by atoms with Crippen LogP contribution in [0.25, 0.3) is 0 Å². The van der Waals surface area contributed by atoms with Gasteiger partial charge in [-0.1, -0.05) is 5.57 Å². The molecule has 0 saturated carbocycles. The number of rotatable bonds is 0. The second-order valence-electron chi connectivity index (χ2n) is 1.50. The maximum atomic E-state index is 4.60. The van der Waals surface area contributed by atoms with Crippen molar-refractivity contribution < 1.29 is 0 Å². The van der Waals surface area contributed by atoms with Gasteiger partial charge in [0.15, 0.2) is 0 Å². The molecule has 0 aliphatic carbocycles. The molecule has 0 aliphatic heterocycles. The van der Waals surface area contributed by atoms with E-state index in [1.807, 2.05) is 13.8 Å². The summed E-state index contributed by atoms with van der Waals surface area (Å²) in [5, 5.41) is 0. The molecule has 7 heavy (non-hydrogen) atoms. The van der Waals surface area contributed by atoms with E-state index in [-0.39, 0.29) is 0 Å². The lowest BCUT2D eigenvalue weighted by atomic mass is 10.4. The second kappa shape index (κ2) is 9.00. The largest absolute Gasteiger partial charge is 0.120 e. The summed E-state index contributed by atoms with van der Waals surface area (Å²) in [7, 11) is 0. The summed E-state index contributed by atoms with van der Waals surface area (Å²) in [5.41, 5.74) is 1.17. The van der Waals surface area contributed by atoms with Crippen LogP contribution in [0.2, 0.25) is 0 Å². The first-order chi connectivity index (χ1) is 3.15. The Balaban J connectivity index is 0. The monoisotopic (exact) mass is 96.1 g/mol. The van der Waals surface area contributed by atoms with Gasteiger partial charge in [-0.3, -0.25) is 0 Å². The van der Waals surface area contributed by atoms with Crippen molar-refractivity contribution in [3.05, 3.63) is 12.2 Å². The zero-order chi connectivity index (χ0) is 6.28. The highest BCUT2D eigenvalue weighted by atomic mass is 13.6. The molecule has 0 spiro atoms. The lowest BCUT2D eigenvalue weighted by Gasteiger charge is -1.65. The minimum Gasteiger partial charge on any atom is -0.120 e. The number of hydrogen-bond acceptors (Lipinski definition) is 0. The Hall–Kier alpha value is -0.700. The van der Waals surface area contributed by atoms with Gasteiger partial charge in [0.2, 0.25) is 0 Å². The van der Waals surface area contributed by atoms with Gasteiger partial charge in [-0.25, -0.2) is 0 Å². The molecular formula is C7H12. The first-order valence-corrected chi connectivity index (χ1v) is 2.14. The fourth-order valence-electron chi connectivity index (χ4n) is 0. The minimum atomic E-state index is 1.17. The predicted molar refractivity (Wildman–Crippen MR) is 35.0 cm³/mol. The van der Waals surface area contributed by atoms with Crippen LogP contribution < -0.4 is 0 Å². The lowest BCUT2D eigenvalue weighted by Crippen LogP contribution is -1.43. The van der Waals surface area contributed by atoms with E-state index in [0.29, 0.717) is 0 Å². The number of allylic oxidation sites excluding steroid dienone is 1. The quantitative estimate of drug-likeness (QED) is 0.320. The van der Waals surface area contributed by atoms with E-state index in [9.17, 15) is 0 Å². The van der Waals surface area contributed by atoms with E-state index in [1.54, 1.807) is 6.92 Å². The van der Waals surface area contributed by atoms with E-state index in [0.717, 1.165) is 0 Å². The van der Waals surface area contributed by atoms with Gasteiger partial charge in [0, 0.05) is 0 Å². The molecule has 0 nitrogen and oxygen atoms in total. The van der Waals surface area contributed by atoms with Gasteiger partial charge in [0.1, 0.15) is 0 Å². The summed E-state index contributed by atoms with van der Waals surface area (Å²) in [5.74, 6) is 2.25. The third kappa shape index (κ3) is 118. The van der Waals surface area contributed by atoms with E-state index in [2.05, 4.69) is 18.9 Å². The summed E-state index contributed by atoms with van der Waals surface area (Å²) in [6, 6.07) is 0. The molecule has 0 radical (unpaired) electrons. The van der Waals surface area contributed by atoms with E-state index in [1.165, 1.54) is 5.57 Å². The van der Waals surface area contributed by atoms with Crippen molar-refractivity contribution in [1.29, 1.82) is 0 Å². The van der Waals surface area contributed by atoms with Gasteiger partial charge in [-0.15, -0.1) is 18.9 Å². The number of terminal acetylenes is 1. The highest BCUT2D eigenvalue weighted by Gasteiger charge is 1.51. The summed E-state index contributed by atoms with van der Waals surface area (Å²) in [4.78, 5) is 0. The third-order valence-corrected chi connectivity index (χ3v) is 0. The van der Waals surface area contributed by atoms with Crippen LogP contribution >= 0.6 is 0 Å². The minimum absolute atomic E-state index is 1.17. The molecule has 0 bridgehead atoms.